The Bertz CT molecular complexity index is 502. The summed E-state index contributed by atoms with van der Waals surface area (Å²) in [6.07, 6.45) is -0.700. The van der Waals surface area contributed by atoms with Gasteiger partial charge in [-0.05, 0) is 19.1 Å². The van der Waals surface area contributed by atoms with Crippen LogP contribution in [-0.4, -0.2) is 30.4 Å². The van der Waals surface area contributed by atoms with Crippen LogP contribution in [0, 0.1) is 0 Å². The maximum Gasteiger partial charge on any atom is 0.387 e. The Labute approximate surface area is 130 Å². The predicted octanol–water partition coefficient (Wildman–Crippen LogP) is 2.77. The molecule has 0 spiro atoms. The van der Waals surface area contributed by atoms with Crippen LogP contribution in [0.3, 0.4) is 0 Å². The number of aliphatic hydroxyl groups is 1. The molecule has 0 radical (unpaired) electrons. The molecule has 1 aromatic carbocycles. The SMILES string of the molecule is C[C@@H](O)CNC(=O)NCc1cc(Cl)cc(Cl)c1OC(F)F. The molecule has 0 aliphatic rings. The summed E-state index contributed by atoms with van der Waals surface area (Å²) in [5.41, 5.74) is 0.208. The predicted molar refractivity (Wildman–Crippen MR) is 75.0 cm³/mol. The number of nitrogens with one attached hydrogen (secondary N) is 2. The van der Waals surface area contributed by atoms with Gasteiger partial charge in [-0.2, -0.15) is 8.78 Å². The molecule has 21 heavy (non-hydrogen) atoms. The van der Waals surface area contributed by atoms with Crippen molar-refractivity contribution in [3.63, 3.8) is 0 Å². The number of hydrogen-bond acceptors (Lipinski definition) is 3. The van der Waals surface area contributed by atoms with Gasteiger partial charge in [0.15, 0.2) is 0 Å². The van der Waals surface area contributed by atoms with E-state index in [1.807, 2.05) is 0 Å². The summed E-state index contributed by atoms with van der Waals surface area (Å²) >= 11 is 11.6. The minimum atomic E-state index is -3.05. The Morgan fingerprint density at radius 2 is 2.05 bits per heavy atom. The van der Waals surface area contributed by atoms with E-state index in [2.05, 4.69) is 15.4 Å². The van der Waals surface area contributed by atoms with E-state index in [1.165, 1.54) is 19.1 Å². The summed E-state index contributed by atoms with van der Waals surface area (Å²) in [5.74, 6) is -0.244. The maximum atomic E-state index is 12.3. The highest BCUT2D eigenvalue weighted by atomic mass is 35.5. The topological polar surface area (TPSA) is 70.6 Å². The highest BCUT2D eigenvalue weighted by Crippen LogP contribution is 2.33. The lowest BCUT2D eigenvalue weighted by atomic mass is 10.2. The van der Waals surface area contributed by atoms with Gasteiger partial charge in [0.05, 0.1) is 11.1 Å². The minimum absolute atomic E-state index is 0.0581. The Balaban J connectivity index is 2.75. The molecule has 0 aromatic heterocycles. The molecule has 0 saturated carbocycles. The van der Waals surface area contributed by atoms with Crippen molar-refractivity contribution in [2.45, 2.75) is 26.2 Å². The highest BCUT2D eigenvalue weighted by Gasteiger charge is 2.15. The first-order valence-corrected chi connectivity index (χ1v) is 6.67. The Hall–Kier alpha value is -1.31. The van der Waals surface area contributed by atoms with Gasteiger partial charge < -0.3 is 20.5 Å². The van der Waals surface area contributed by atoms with Crippen molar-refractivity contribution in [1.29, 1.82) is 0 Å². The number of aliphatic hydroxyl groups excluding tert-OH is 1. The molecule has 1 aromatic rings. The molecule has 0 unspecified atom stereocenters. The van der Waals surface area contributed by atoms with Crippen LogP contribution in [0.15, 0.2) is 12.1 Å². The molecular weight excluding hydrogens is 329 g/mol. The van der Waals surface area contributed by atoms with Gasteiger partial charge in [0.25, 0.3) is 0 Å². The quantitative estimate of drug-likeness (QED) is 0.744. The zero-order valence-electron chi connectivity index (χ0n) is 11.0. The molecule has 0 aliphatic carbocycles. The van der Waals surface area contributed by atoms with Crippen molar-refractivity contribution in [3.05, 3.63) is 27.7 Å². The van der Waals surface area contributed by atoms with E-state index in [0.29, 0.717) is 0 Å². The summed E-state index contributed by atoms with van der Waals surface area (Å²) < 4.78 is 29.0. The number of carbonyl (C=O) groups excluding carboxylic acids is 1. The fourth-order valence-electron chi connectivity index (χ4n) is 1.44. The lowest BCUT2D eigenvalue weighted by Crippen LogP contribution is -2.38. The van der Waals surface area contributed by atoms with E-state index in [0.717, 1.165) is 0 Å². The third-order valence-electron chi connectivity index (χ3n) is 2.29. The van der Waals surface area contributed by atoms with E-state index in [9.17, 15) is 13.6 Å². The Morgan fingerprint density at radius 1 is 1.38 bits per heavy atom. The van der Waals surface area contributed by atoms with E-state index in [1.54, 1.807) is 0 Å². The molecule has 0 saturated heterocycles. The highest BCUT2D eigenvalue weighted by molar-refractivity contribution is 6.35. The third-order valence-corrected chi connectivity index (χ3v) is 2.79. The number of amides is 2. The summed E-state index contributed by atoms with van der Waals surface area (Å²) in [7, 11) is 0. The molecule has 2 amide bonds. The summed E-state index contributed by atoms with van der Waals surface area (Å²) in [4.78, 5) is 11.4. The molecule has 9 heteroatoms. The molecular formula is C12H14Cl2F2N2O3. The van der Waals surface area contributed by atoms with Crippen molar-refractivity contribution in [1.82, 2.24) is 10.6 Å². The zero-order chi connectivity index (χ0) is 16.0. The second kappa shape index (κ2) is 8.21. The van der Waals surface area contributed by atoms with E-state index < -0.39 is 18.7 Å². The van der Waals surface area contributed by atoms with E-state index in [-0.39, 0.29) is 34.4 Å². The summed E-state index contributed by atoms with van der Waals surface area (Å²) in [6.45, 7) is -1.60. The second-order valence-electron chi connectivity index (χ2n) is 4.17. The third kappa shape index (κ3) is 6.33. The van der Waals surface area contributed by atoms with Crippen LogP contribution in [0.1, 0.15) is 12.5 Å². The Morgan fingerprint density at radius 3 is 2.62 bits per heavy atom. The number of ether oxygens (including phenoxy) is 1. The molecule has 118 valence electrons. The minimum Gasteiger partial charge on any atom is -0.433 e. The molecule has 1 atom stereocenters. The van der Waals surface area contributed by atoms with Crippen molar-refractivity contribution >= 4 is 29.2 Å². The first kappa shape index (κ1) is 17.7. The van der Waals surface area contributed by atoms with Gasteiger partial charge in [-0.3, -0.25) is 0 Å². The Kier molecular flexibility index (Phi) is 6.94. The number of halogens is 4. The van der Waals surface area contributed by atoms with Gasteiger partial charge in [-0.15, -0.1) is 0 Å². The lowest BCUT2D eigenvalue weighted by Gasteiger charge is -2.14. The van der Waals surface area contributed by atoms with Crippen LogP contribution < -0.4 is 15.4 Å². The first-order chi connectivity index (χ1) is 9.79. The largest absolute Gasteiger partial charge is 0.433 e. The molecule has 0 aliphatic heterocycles. The number of urea groups is 1. The molecule has 3 N–H and O–H groups in total. The van der Waals surface area contributed by atoms with Crippen molar-refractivity contribution in [3.8, 4) is 5.75 Å². The van der Waals surface area contributed by atoms with Crippen molar-refractivity contribution in [2.24, 2.45) is 0 Å². The van der Waals surface area contributed by atoms with Gasteiger partial charge in [0.2, 0.25) is 0 Å². The van der Waals surface area contributed by atoms with E-state index in [4.69, 9.17) is 28.3 Å². The van der Waals surface area contributed by atoms with Crippen LogP contribution in [0.2, 0.25) is 10.0 Å². The second-order valence-corrected chi connectivity index (χ2v) is 5.01. The maximum absolute atomic E-state index is 12.3. The van der Waals surface area contributed by atoms with Gasteiger partial charge in [-0.25, -0.2) is 4.79 Å². The van der Waals surface area contributed by atoms with Crippen LogP contribution in [-0.2, 0) is 6.54 Å². The lowest BCUT2D eigenvalue weighted by molar-refractivity contribution is -0.0504. The summed E-state index contributed by atoms with van der Waals surface area (Å²) in [5, 5.41) is 14.0. The number of rotatable bonds is 6. The standard InChI is InChI=1S/C12H14Cl2F2N2O3/c1-6(19)4-17-12(20)18-5-7-2-8(13)3-9(14)10(7)21-11(15)16/h2-3,6,11,19H,4-5H2,1H3,(H2,17,18,20)/t6-/m1/s1. The van der Waals surface area contributed by atoms with Crippen molar-refractivity contribution in [2.75, 3.05) is 6.54 Å². The zero-order valence-corrected chi connectivity index (χ0v) is 12.5. The first-order valence-electron chi connectivity index (χ1n) is 5.92. The summed E-state index contributed by atoms with van der Waals surface area (Å²) in [6, 6.07) is 2.05. The van der Waals surface area contributed by atoms with Crippen molar-refractivity contribution < 1.29 is 23.4 Å². The van der Waals surface area contributed by atoms with Gasteiger partial charge in [-0.1, -0.05) is 23.2 Å². The fourth-order valence-corrected chi connectivity index (χ4v) is 2.02. The van der Waals surface area contributed by atoms with Gasteiger partial charge in [0, 0.05) is 23.7 Å². The average Bonchev–Trinajstić information content (AvgIpc) is 2.37. The van der Waals surface area contributed by atoms with Crippen LogP contribution >= 0.6 is 23.2 Å². The van der Waals surface area contributed by atoms with Crippen LogP contribution in [0.25, 0.3) is 0 Å². The number of benzene rings is 1. The number of alkyl halides is 2. The monoisotopic (exact) mass is 342 g/mol. The van der Waals surface area contributed by atoms with Crippen LogP contribution in [0.4, 0.5) is 13.6 Å². The molecule has 5 nitrogen and oxygen atoms in total. The molecule has 0 heterocycles. The van der Waals surface area contributed by atoms with Crippen LogP contribution in [0.5, 0.6) is 5.75 Å². The molecule has 1 rings (SSSR count). The van der Waals surface area contributed by atoms with Gasteiger partial charge in [0.1, 0.15) is 5.75 Å². The average molecular weight is 343 g/mol. The number of hydrogen-bond donors (Lipinski definition) is 3. The number of carbonyl (C=O) groups is 1. The van der Waals surface area contributed by atoms with Gasteiger partial charge >= 0.3 is 12.6 Å². The molecule has 0 fully saturated rings. The smallest absolute Gasteiger partial charge is 0.387 e. The molecule has 0 bridgehead atoms. The fraction of sp³-hybridized carbons (Fsp3) is 0.417. The van der Waals surface area contributed by atoms with E-state index >= 15 is 0 Å². The normalized spacial score (nSPS) is 12.1.